The molecule has 47 heavy (non-hydrogen) atoms. The van der Waals surface area contributed by atoms with Crippen LogP contribution in [0.4, 0.5) is 17.1 Å². The zero-order valence-electron chi connectivity index (χ0n) is 27.7. The first kappa shape index (κ1) is 32.6. The Morgan fingerprint density at radius 3 is 1.26 bits per heavy atom. The Balaban J connectivity index is 0.00000213. The highest BCUT2D eigenvalue weighted by atomic mass is 16.5. The van der Waals surface area contributed by atoms with E-state index in [1.807, 2.05) is 62.4 Å². The molecule has 6 rings (SSSR count). The second-order valence-corrected chi connectivity index (χ2v) is 10.3. The lowest BCUT2D eigenvalue weighted by Gasteiger charge is -2.25. The van der Waals surface area contributed by atoms with Crippen molar-refractivity contribution in [3.8, 4) is 56.6 Å². The van der Waals surface area contributed by atoms with Crippen LogP contribution in [0.1, 0.15) is 13.8 Å². The van der Waals surface area contributed by atoms with Gasteiger partial charge in [-0.05, 0) is 83.9 Å². The smallest absolute Gasteiger partial charge is 0.131 e. The number of rotatable bonds is 10. The topological polar surface area (TPSA) is 53.1 Å². The minimum absolute atomic E-state index is 0.670. The SMILES string of the molecule is CC.COc1ccc(-c2cc(-c3ccc(N(c4ccccc4)c4ccccc4)cc3)cc(-c3ccc(OC)cc3OC)n2)c(OC)c1. The van der Waals surface area contributed by atoms with Crippen LogP contribution in [0.2, 0.25) is 0 Å². The summed E-state index contributed by atoms with van der Waals surface area (Å²) in [4.78, 5) is 7.35. The van der Waals surface area contributed by atoms with Crippen molar-refractivity contribution in [2.24, 2.45) is 0 Å². The monoisotopic (exact) mass is 624 g/mol. The molecule has 6 aromatic rings. The normalized spacial score (nSPS) is 10.3. The number of hydrogen-bond donors (Lipinski definition) is 0. The Hall–Kier alpha value is -5.75. The quantitative estimate of drug-likeness (QED) is 0.151. The number of methoxy groups -OCH3 is 4. The summed E-state index contributed by atoms with van der Waals surface area (Å²) in [5.74, 6) is 2.76. The summed E-state index contributed by atoms with van der Waals surface area (Å²) in [6.45, 7) is 4.00. The Bertz CT molecular complexity index is 1780. The standard InChI is InChI=1S/C39H34N2O4.C2H6/c1-42-32-19-21-34(38(25-32)44-3)36-23-28(24-37(40-36)35-22-20-33(43-2)26-39(35)45-4)27-15-17-31(18-16-27)41(29-11-7-5-8-12-29)30-13-9-6-10-14-30;1-2/h5-26H,1-4H3;1-2H3. The van der Waals surface area contributed by atoms with Crippen molar-refractivity contribution in [2.75, 3.05) is 33.3 Å². The molecular weight excluding hydrogens is 584 g/mol. The molecule has 0 unspecified atom stereocenters. The van der Waals surface area contributed by atoms with Gasteiger partial charge in [0.2, 0.25) is 0 Å². The zero-order chi connectivity index (χ0) is 33.2. The maximum absolute atomic E-state index is 5.77. The van der Waals surface area contributed by atoms with Crippen LogP contribution in [0.5, 0.6) is 23.0 Å². The van der Waals surface area contributed by atoms with E-state index in [0.717, 1.165) is 50.7 Å². The third-order valence-electron chi connectivity index (χ3n) is 7.68. The highest BCUT2D eigenvalue weighted by Crippen LogP contribution is 2.40. The largest absolute Gasteiger partial charge is 0.497 e. The summed E-state index contributed by atoms with van der Waals surface area (Å²) < 4.78 is 22.4. The third kappa shape index (κ3) is 7.23. The Kier molecular flexibility index (Phi) is 10.8. The van der Waals surface area contributed by atoms with Crippen molar-refractivity contribution in [3.63, 3.8) is 0 Å². The fourth-order valence-electron chi connectivity index (χ4n) is 5.40. The molecule has 0 radical (unpaired) electrons. The summed E-state index contributed by atoms with van der Waals surface area (Å²) in [7, 11) is 6.59. The van der Waals surface area contributed by atoms with Gasteiger partial charge in [0.05, 0.1) is 39.8 Å². The summed E-state index contributed by atoms with van der Waals surface area (Å²) >= 11 is 0. The minimum Gasteiger partial charge on any atom is -0.497 e. The van der Waals surface area contributed by atoms with Crippen LogP contribution in [0.3, 0.4) is 0 Å². The molecule has 0 aliphatic rings. The van der Waals surface area contributed by atoms with Gasteiger partial charge in [-0.2, -0.15) is 0 Å². The fourth-order valence-corrected chi connectivity index (χ4v) is 5.40. The third-order valence-corrected chi connectivity index (χ3v) is 7.68. The van der Waals surface area contributed by atoms with Gasteiger partial charge in [-0.15, -0.1) is 0 Å². The number of nitrogens with zero attached hydrogens (tertiary/aromatic N) is 2. The van der Waals surface area contributed by atoms with E-state index in [1.54, 1.807) is 28.4 Å². The van der Waals surface area contributed by atoms with E-state index in [4.69, 9.17) is 23.9 Å². The lowest BCUT2D eigenvalue weighted by atomic mass is 9.98. The van der Waals surface area contributed by atoms with Crippen molar-refractivity contribution in [1.29, 1.82) is 0 Å². The maximum Gasteiger partial charge on any atom is 0.131 e. The van der Waals surface area contributed by atoms with Crippen LogP contribution >= 0.6 is 0 Å². The van der Waals surface area contributed by atoms with Crippen molar-refractivity contribution in [3.05, 3.63) is 133 Å². The van der Waals surface area contributed by atoms with Gasteiger partial charge in [0, 0.05) is 40.3 Å². The molecule has 6 nitrogen and oxygen atoms in total. The fraction of sp³-hybridized carbons (Fsp3) is 0.146. The van der Waals surface area contributed by atoms with Gasteiger partial charge in [0.25, 0.3) is 0 Å². The average Bonchev–Trinajstić information content (AvgIpc) is 3.16. The Labute approximate surface area is 277 Å². The Morgan fingerprint density at radius 2 is 0.851 bits per heavy atom. The van der Waals surface area contributed by atoms with Gasteiger partial charge in [-0.3, -0.25) is 0 Å². The van der Waals surface area contributed by atoms with E-state index in [9.17, 15) is 0 Å². The average molecular weight is 625 g/mol. The van der Waals surface area contributed by atoms with Gasteiger partial charge in [-0.1, -0.05) is 62.4 Å². The molecule has 0 fully saturated rings. The van der Waals surface area contributed by atoms with Crippen LogP contribution in [0.15, 0.2) is 133 Å². The van der Waals surface area contributed by atoms with Crippen LogP contribution in [0.25, 0.3) is 33.6 Å². The van der Waals surface area contributed by atoms with Crippen molar-refractivity contribution >= 4 is 17.1 Å². The maximum atomic E-state index is 5.77. The molecule has 0 aliphatic carbocycles. The number of benzene rings is 5. The van der Waals surface area contributed by atoms with Gasteiger partial charge in [-0.25, -0.2) is 4.98 Å². The molecular formula is C41H40N2O4. The molecule has 0 atom stereocenters. The molecule has 5 aromatic carbocycles. The molecule has 1 heterocycles. The molecule has 0 amide bonds. The zero-order valence-corrected chi connectivity index (χ0v) is 27.7. The number of hydrogen-bond acceptors (Lipinski definition) is 6. The van der Waals surface area contributed by atoms with E-state index < -0.39 is 0 Å². The molecule has 0 saturated heterocycles. The molecule has 0 saturated carbocycles. The first-order chi connectivity index (χ1) is 23.1. The molecule has 0 bridgehead atoms. The van der Waals surface area contributed by atoms with Crippen molar-refractivity contribution in [1.82, 2.24) is 4.98 Å². The molecule has 0 N–H and O–H groups in total. The van der Waals surface area contributed by atoms with Crippen LogP contribution in [-0.4, -0.2) is 33.4 Å². The first-order valence-electron chi connectivity index (χ1n) is 15.6. The van der Waals surface area contributed by atoms with Gasteiger partial charge < -0.3 is 23.8 Å². The summed E-state index contributed by atoms with van der Waals surface area (Å²) in [6, 6.07) is 45.0. The van der Waals surface area contributed by atoms with E-state index in [-0.39, 0.29) is 0 Å². The summed E-state index contributed by atoms with van der Waals surface area (Å²) in [6.07, 6.45) is 0. The van der Waals surface area contributed by atoms with Gasteiger partial charge >= 0.3 is 0 Å². The first-order valence-corrected chi connectivity index (χ1v) is 15.6. The van der Waals surface area contributed by atoms with E-state index >= 15 is 0 Å². The second-order valence-electron chi connectivity index (χ2n) is 10.3. The Morgan fingerprint density at radius 1 is 0.426 bits per heavy atom. The van der Waals surface area contributed by atoms with Crippen LogP contribution in [-0.2, 0) is 0 Å². The number of aromatic nitrogens is 1. The number of pyridine rings is 1. The van der Waals surface area contributed by atoms with E-state index in [1.165, 1.54) is 0 Å². The van der Waals surface area contributed by atoms with Crippen molar-refractivity contribution < 1.29 is 18.9 Å². The molecule has 1 aromatic heterocycles. The molecule has 238 valence electrons. The van der Waals surface area contributed by atoms with Crippen LogP contribution < -0.4 is 23.8 Å². The van der Waals surface area contributed by atoms with Gasteiger partial charge in [0.1, 0.15) is 23.0 Å². The predicted molar refractivity (Wildman–Crippen MR) is 193 cm³/mol. The number of para-hydroxylation sites is 2. The molecule has 6 heteroatoms. The number of anilines is 3. The lowest BCUT2D eigenvalue weighted by Crippen LogP contribution is -2.09. The highest BCUT2D eigenvalue weighted by molar-refractivity contribution is 5.83. The van der Waals surface area contributed by atoms with Crippen LogP contribution in [0, 0.1) is 0 Å². The minimum atomic E-state index is 0.670. The van der Waals surface area contributed by atoms with Crippen molar-refractivity contribution in [2.45, 2.75) is 13.8 Å². The molecule has 0 spiro atoms. The summed E-state index contributed by atoms with van der Waals surface area (Å²) in [5, 5.41) is 0. The predicted octanol–water partition coefficient (Wildman–Crippen LogP) is 10.6. The van der Waals surface area contributed by atoms with E-state index in [2.05, 4.69) is 89.8 Å². The molecule has 0 aliphatic heterocycles. The highest BCUT2D eigenvalue weighted by Gasteiger charge is 2.17. The summed E-state index contributed by atoms with van der Waals surface area (Å²) in [5.41, 5.74) is 8.51. The lowest BCUT2D eigenvalue weighted by molar-refractivity contribution is 0.395. The second kappa shape index (κ2) is 15.5. The van der Waals surface area contributed by atoms with Gasteiger partial charge in [0.15, 0.2) is 0 Å². The number of ether oxygens (including phenoxy) is 4. The van der Waals surface area contributed by atoms with E-state index in [0.29, 0.717) is 23.0 Å².